The fraction of sp³-hybridized carbons (Fsp3) is 0.458. The van der Waals surface area contributed by atoms with Crippen LogP contribution in [0.15, 0.2) is 60.7 Å². The molecule has 0 aliphatic carbocycles. The Morgan fingerprint density at radius 3 is 2.00 bits per heavy atom. The molecule has 2 N–H and O–H groups in total. The number of carbonyl (C=O) groups is 1. The molecule has 0 saturated carbocycles. The summed E-state index contributed by atoms with van der Waals surface area (Å²) in [5, 5.41) is 0. The Kier molecular flexibility index (Phi) is 7.42. The predicted octanol–water partition coefficient (Wildman–Crippen LogP) is 3.86. The van der Waals surface area contributed by atoms with Crippen molar-refractivity contribution in [3.63, 3.8) is 0 Å². The zero-order valence-electron chi connectivity index (χ0n) is 17.4. The van der Waals surface area contributed by atoms with Gasteiger partial charge in [-0.05, 0) is 37.9 Å². The molecule has 1 heterocycles. The molecule has 29 heavy (non-hydrogen) atoms. The van der Waals surface area contributed by atoms with Crippen LogP contribution in [0, 0.1) is 0 Å². The molecule has 1 aliphatic rings. The summed E-state index contributed by atoms with van der Waals surface area (Å²) in [4.78, 5) is 15.2. The molecule has 0 aromatic heterocycles. The molecule has 1 aliphatic heterocycles. The molecule has 3 rings (SSSR count). The van der Waals surface area contributed by atoms with Crippen LogP contribution in [0.3, 0.4) is 0 Å². The van der Waals surface area contributed by atoms with E-state index in [-0.39, 0.29) is 18.1 Å². The molecule has 5 nitrogen and oxygen atoms in total. The molecular formula is C24H32N2O3. The highest BCUT2D eigenvalue weighted by molar-refractivity contribution is 5.76. The Morgan fingerprint density at radius 1 is 0.966 bits per heavy atom. The molecule has 2 unspecified atom stereocenters. The smallest absolute Gasteiger partial charge is 0.225 e. The van der Waals surface area contributed by atoms with E-state index in [2.05, 4.69) is 24.3 Å². The van der Waals surface area contributed by atoms with Crippen LogP contribution in [-0.2, 0) is 27.4 Å². The van der Waals surface area contributed by atoms with Crippen LogP contribution in [0.4, 0.5) is 0 Å². The maximum atomic E-state index is 13.3. The average Bonchev–Trinajstić information content (AvgIpc) is 2.68. The van der Waals surface area contributed by atoms with Crippen molar-refractivity contribution in [1.82, 2.24) is 4.90 Å². The molecule has 1 fully saturated rings. The molecule has 0 radical (unpaired) electrons. The van der Waals surface area contributed by atoms with Crippen LogP contribution < -0.4 is 5.73 Å². The number of nitrogens with two attached hydrogens (primary N) is 1. The number of amides is 1. The maximum Gasteiger partial charge on any atom is 0.225 e. The third-order valence-corrected chi connectivity index (χ3v) is 5.10. The zero-order chi connectivity index (χ0) is 20.7. The lowest BCUT2D eigenvalue weighted by Gasteiger charge is -2.41. The highest BCUT2D eigenvalue weighted by Crippen LogP contribution is 2.30. The van der Waals surface area contributed by atoms with Crippen LogP contribution in [-0.4, -0.2) is 35.3 Å². The molecule has 1 amide bonds. The number of benzene rings is 2. The summed E-state index contributed by atoms with van der Waals surface area (Å²) in [6.45, 7) is 5.52. The predicted molar refractivity (Wildman–Crippen MR) is 114 cm³/mol. The van der Waals surface area contributed by atoms with Gasteiger partial charge in [0.2, 0.25) is 5.91 Å². The summed E-state index contributed by atoms with van der Waals surface area (Å²) in [5.74, 6) is -0.612. The van der Waals surface area contributed by atoms with Crippen molar-refractivity contribution >= 4 is 5.91 Å². The summed E-state index contributed by atoms with van der Waals surface area (Å²) >= 11 is 0. The second kappa shape index (κ2) is 10.0. The Balaban J connectivity index is 1.71. The molecule has 5 heteroatoms. The molecule has 2 aromatic carbocycles. The van der Waals surface area contributed by atoms with Crippen molar-refractivity contribution in [2.45, 2.75) is 64.2 Å². The summed E-state index contributed by atoms with van der Waals surface area (Å²) < 4.78 is 12.0. The SMILES string of the molecule is CC1(C)OC(CCN)CC(CC(=O)N(Cc2ccccc2)Cc2ccccc2)O1. The van der Waals surface area contributed by atoms with Gasteiger partial charge in [-0.3, -0.25) is 4.79 Å². The summed E-state index contributed by atoms with van der Waals surface area (Å²) in [5.41, 5.74) is 7.95. The highest BCUT2D eigenvalue weighted by Gasteiger charge is 2.36. The topological polar surface area (TPSA) is 64.8 Å². The van der Waals surface area contributed by atoms with E-state index >= 15 is 0 Å². The second-order valence-electron chi connectivity index (χ2n) is 8.12. The second-order valence-corrected chi connectivity index (χ2v) is 8.12. The number of rotatable bonds is 8. The van der Waals surface area contributed by atoms with E-state index in [0.717, 1.165) is 17.5 Å². The summed E-state index contributed by atoms with van der Waals surface area (Å²) in [6.07, 6.45) is 1.66. The Labute approximate surface area is 173 Å². The van der Waals surface area contributed by atoms with E-state index in [9.17, 15) is 4.79 Å². The van der Waals surface area contributed by atoms with Gasteiger partial charge in [-0.25, -0.2) is 0 Å². The Morgan fingerprint density at radius 2 is 1.48 bits per heavy atom. The van der Waals surface area contributed by atoms with Crippen LogP contribution in [0.1, 0.15) is 44.2 Å². The van der Waals surface area contributed by atoms with E-state index < -0.39 is 5.79 Å². The van der Waals surface area contributed by atoms with E-state index in [1.54, 1.807) is 0 Å². The molecule has 0 bridgehead atoms. The third-order valence-electron chi connectivity index (χ3n) is 5.10. The van der Waals surface area contributed by atoms with Gasteiger partial charge in [-0.2, -0.15) is 0 Å². The lowest BCUT2D eigenvalue weighted by molar-refractivity contribution is -0.299. The molecule has 2 aromatic rings. The van der Waals surface area contributed by atoms with Gasteiger partial charge in [-0.15, -0.1) is 0 Å². The van der Waals surface area contributed by atoms with Crippen molar-refractivity contribution in [3.05, 3.63) is 71.8 Å². The van der Waals surface area contributed by atoms with E-state index in [1.807, 2.05) is 55.1 Å². The normalized spacial score (nSPS) is 20.9. The minimum atomic E-state index is -0.702. The minimum absolute atomic E-state index is 0.0262. The zero-order valence-corrected chi connectivity index (χ0v) is 17.4. The molecule has 0 spiro atoms. The quantitative estimate of drug-likeness (QED) is 0.736. The van der Waals surface area contributed by atoms with Gasteiger partial charge >= 0.3 is 0 Å². The standard InChI is InChI=1S/C24H32N2O3/c1-24(2)28-21(13-14-25)15-22(29-24)16-23(27)26(17-19-9-5-3-6-10-19)18-20-11-7-4-8-12-20/h3-12,21-22H,13-18,25H2,1-2H3. The van der Waals surface area contributed by atoms with Crippen molar-refractivity contribution in [2.75, 3.05) is 6.54 Å². The molecule has 156 valence electrons. The first kappa shape index (κ1) is 21.5. The first-order valence-corrected chi connectivity index (χ1v) is 10.4. The van der Waals surface area contributed by atoms with E-state index in [1.165, 1.54) is 0 Å². The van der Waals surface area contributed by atoms with Crippen LogP contribution >= 0.6 is 0 Å². The van der Waals surface area contributed by atoms with Crippen LogP contribution in [0.5, 0.6) is 0 Å². The van der Waals surface area contributed by atoms with Gasteiger partial charge in [0.1, 0.15) is 0 Å². The van der Waals surface area contributed by atoms with E-state index in [0.29, 0.717) is 32.5 Å². The number of nitrogens with zero attached hydrogens (tertiary/aromatic N) is 1. The third kappa shape index (κ3) is 6.67. The van der Waals surface area contributed by atoms with Gasteiger partial charge in [0.05, 0.1) is 18.6 Å². The van der Waals surface area contributed by atoms with Gasteiger partial charge in [0, 0.05) is 19.5 Å². The van der Waals surface area contributed by atoms with Crippen molar-refractivity contribution in [3.8, 4) is 0 Å². The van der Waals surface area contributed by atoms with Gasteiger partial charge in [-0.1, -0.05) is 60.7 Å². The Bertz CT molecular complexity index is 723. The Hall–Kier alpha value is -2.21. The van der Waals surface area contributed by atoms with Crippen molar-refractivity contribution in [1.29, 1.82) is 0 Å². The van der Waals surface area contributed by atoms with Gasteiger partial charge < -0.3 is 20.1 Å². The number of carbonyl (C=O) groups excluding carboxylic acids is 1. The fourth-order valence-electron chi connectivity index (χ4n) is 3.87. The molecule has 1 saturated heterocycles. The first-order valence-electron chi connectivity index (χ1n) is 10.4. The largest absolute Gasteiger partial charge is 0.347 e. The van der Waals surface area contributed by atoms with Gasteiger partial charge in [0.25, 0.3) is 0 Å². The van der Waals surface area contributed by atoms with Crippen LogP contribution in [0.2, 0.25) is 0 Å². The van der Waals surface area contributed by atoms with E-state index in [4.69, 9.17) is 15.2 Å². The van der Waals surface area contributed by atoms with Crippen LogP contribution in [0.25, 0.3) is 0 Å². The summed E-state index contributed by atoms with van der Waals surface area (Å²) in [6, 6.07) is 20.2. The van der Waals surface area contributed by atoms with Crippen molar-refractivity contribution < 1.29 is 14.3 Å². The minimum Gasteiger partial charge on any atom is -0.347 e. The number of hydrogen-bond donors (Lipinski definition) is 1. The lowest BCUT2D eigenvalue weighted by Crippen LogP contribution is -2.47. The summed E-state index contributed by atoms with van der Waals surface area (Å²) in [7, 11) is 0. The molecule has 2 atom stereocenters. The number of ether oxygens (including phenoxy) is 2. The number of hydrogen-bond acceptors (Lipinski definition) is 4. The average molecular weight is 397 g/mol. The monoisotopic (exact) mass is 396 g/mol. The maximum absolute atomic E-state index is 13.3. The van der Waals surface area contributed by atoms with Crippen molar-refractivity contribution in [2.24, 2.45) is 5.73 Å². The van der Waals surface area contributed by atoms with Gasteiger partial charge in [0.15, 0.2) is 5.79 Å². The highest BCUT2D eigenvalue weighted by atomic mass is 16.7. The molecular weight excluding hydrogens is 364 g/mol. The fourth-order valence-corrected chi connectivity index (χ4v) is 3.87. The lowest BCUT2D eigenvalue weighted by atomic mass is 10.0. The first-order chi connectivity index (χ1) is 13.9.